The van der Waals surface area contributed by atoms with Gasteiger partial charge in [0, 0.05) is 11.2 Å². The maximum atomic E-state index is 3.21. The number of fused-ring (bicyclic) bond motifs is 1. The average Bonchev–Trinajstić information content (AvgIpc) is 2.72. The van der Waals surface area contributed by atoms with Gasteiger partial charge in [-0.2, -0.15) is 0 Å². The summed E-state index contributed by atoms with van der Waals surface area (Å²) in [5.41, 5.74) is 2.80. The minimum atomic E-state index is 0.973. The molecule has 2 rings (SSSR count). The van der Waals surface area contributed by atoms with Crippen molar-refractivity contribution in [3.05, 3.63) is 40.8 Å². The van der Waals surface area contributed by atoms with Gasteiger partial charge in [-0.05, 0) is 35.9 Å². The van der Waals surface area contributed by atoms with Gasteiger partial charge in [-0.1, -0.05) is 36.8 Å². The van der Waals surface area contributed by atoms with E-state index in [1.54, 1.807) is 0 Å². The third-order valence-electron chi connectivity index (χ3n) is 2.73. The van der Waals surface area contributed by atoms with E-state index < -0.39 is 0 Å². The Morgan fingerprint density at radius 3 is 2.94 bits per heavy atom. The van der Waals surface area contributed by atoms with Crippen molar-refractivity contribution in [3.63, 3.8) is 0 Å². The van der Waals surface area contributed by atoms with Crippen molar-refractivity contribution < 1.29 is 0 Å². The van der Waals surface area contributed by atoms with Crippen molar-refractivity contribution in [2.45, 2.75) is 13.3 Å². The molecule has 0 saturated carbocycles. The highest BCUT2D eigenvalue weighted by atomic mass is 32.1. The number of benzene rings is 1. The molecule has 0 unspecified atom stereocenters. The molecule has 0 bridgehead atoms. The van der Waals surface area contributed by atoms with Gasteiger partial charge in [-0.3, -0.25) is 0 Å². The van der Waals surface area contributed by atoms with Crippen molar-refractivity contribution in [2.75, 3.05) is 13.6 Å². The summed E-state index contributed by atoms with van der Waals surface area (Å²) in [6.45, 7) is 3.18. The molecule has 2 heteroatoms. The van der Waals surface area contributed by atoms with Crippen molar-refractivity contribution in [3.8, 4) is 0 Å². The van der Waals surface area contributed by atoms with Crippen molar-refractivity contribution in [2.24, 2.45) is 0 Å². The molecule has 84 valence electrons. The fourth-order valence-corrected chi connectivity index (χ4v) is 2.75. The van der Waals surface area contributed by atoms with Crippen LogP contribution in [0.1, 0.15) is 18.9 Å². The van der Waals surface area contributed by atoms with Crippen LogP contribution in [0.25, 0.3) is 16.2 Å². The minimum Gasteiger partial charge on any atom is -0.316 e. The van der Waals surface area contributed by atoms with Crippen LogP contribution in [0.2, 0.25) is 0 Å². The Labute approximate surface area is 101 Å². The van der Waals surface area contributed by atoms with Gasteiger partial charge in [-0.15, -0.1) is 11.3 Å². The second-order valence-corrected chi connectivity index (χ2v) is 4.78. The Kier molecular flexibility index (Phi) is 3.75. The first-order valence-corrected chi connectivity index (χ1v) is 6.53. The zero-order chi connectivity index (χ0) is 11.4. The van der Waals surface area contributed by atoms with Gasteiger partial charge < -0.3 is 5.32 Å². The number of thiophene rings is 1. The Morgan fingerprint density at radius 2 is 2.19 bits per heavy atom. The SMILES string of the molecule is CCC(=Cc1csc2ccccc12)CNC. The molecule has 2 aromatic rings. The monoisotopic (exact) mass is 231 g/mol. The van der Waals surface area contributed by atoms with Crippen LogP contribution in [0.4, 0.5) is 0 Å². The predicted octanol–water partition coefficient (Wildman–Crippen LogP) is 3.91. The lowest BCUT2D eigenvalue weighted by atomic mass is 10.1. The van der Waals surface area contributed by atoms with Gasteiger partial charge in [0.15, 0.2) is 0 Å². The van der Waals surface area contributed by atoms with Gasteiger partial charge >= 0.3 is 0 Å². The summed E-state index contributed by atoms with van der Waals surface area (Å²) in [6.07, 6.45) is 3.42. The van der Waals surface area contributed by atoms with E-state index in [2.05, 4.69) is 48.0 Å². The summed E-state index contributed by atoms with van der Waals surface area (Å²) in [5.74, 6) is 0. The third kappa shape index (κ3) is 2.34. The summed E-state index contributed by atoms with van der Waals surface area (Å²) in [7, 11) is 2.00. The highest BCUT2D eigenvalue weighted by Gasteiger charge is 2.01. The molecule has 0 amide bonds. The zero-order valence-electron chi connectivity index (χ0n) is 9.79. The third-order valence-corrected chi connectivity index (χ3v) is 3.71. The maximum absolute atomic E-state index is 3.21. The van der Waals surface area contributed by atoms with Crippen LogP contribution < -0.4 is 5.32 Å². The summed E-state index contributed by atoms with van der Waals surface area (Å²) in [6, 6.07) is 8.59. The van der Waals surface area contributed by atoms with E-state index >= 15 is 0 Å². The predicted molar refractivity (Wildman–Crippen MR) is 74.0 cm³/mol. The van der Waals surface area contributed by atoms with Crippen LogP contribution in [0.15, 0.2) is 35.2 Å². The maximum Gasteiger partial charge on any atom is 0.0348 e. The molecular formula is C14H17NS. The molecule has 1 aromatic heterocycles. The summed E-state index contributed by atoms with van der Waals surface area (Å²) in [5, 5.41) is 6.83. The van der Waals surface area contributed by atoms with Gasteiger partial charge in [0.25, 0.3) is 0 Å². The van der Waals surface area contributed by atoms with Crippen LogP contribution in [0.3, 0.4) is 0 Å². The Hall–Kier alpha value is -1.12. The van der Waals surface area contributed by atoms with E-state index in [9.17, 15) is 0 Å². The van der Waals surface area contributed by atoms with Gasteiger partial charge in [0.05, 0.1) is 0 Å². The average molecular weight is 231 g/mol. The Balaban J connectivity index is 2.39. The van der Waals surface area contributed by atoms with E-state index in [0.717, 1.165) is 13.0 Å². The minimum absolute atomic E-state index is 0.973. The fourth-order valence-electron chi connectivity index (χ4n) is 1.84. The lowest BCUT2D eigenvalue weighted by molar-refractivity contribution is 0.851. The molecule has 1 nitrogen and oxygen atoms in total. The summed E-state index contributed by atoms with van der Waals surface area (Å²) < 4.78 is 1.37. The van der Waals surface area contributed by atoms with E-state index in [1.165, 1.54) is 21.2 Å². The standard InChI is InChI=1S/C14H17NS/c1-3-11(9-15-2)8-12-10-16-14-7-5-4-6-13(12)14/h4-8,10,15H,3,9H2,1-2H3. The fraction of sp³-hybridized carbons (Fsp3) is 0.286. The molecule has 0 fully saturated rings. The molecule has 0 aliphatic rings. The first-order valence-electron chi connectivity index (χ1n) is 5.65. The van der Waals surface area contributed by atoms with Gasteiger partial charge in [-0.25, -0.2) is 0 Å². The molecule has 0 atom stereocenters. The van der Waals surface area contributed by atoms with Gasteiger partial charge in [0.1, 0.15) is 0 Å². The van der Waals surface area contributed by atoms with Crippen LogP contribution in [-0.4, -0.2) is 13.6 Å². The highest BCUT2D eigenvalue weighted by molar-refractivity contribution is 7.17. The van der Waals surface area contributed by atoms with Crippen LogP contribution in [0, 0.1) is 0 Å². The number of likely N-dealkylation sites (N-methyl/N-ethyl adjacent to an activating group) is 1. The number of hydrogen-bond donors (Lipinski definition) is 1. The molecule has 0 spiro atoms. The highest BCUT2D eigenvalue weighted by Crippen LogP contribution is 2.27. The van der Waals surface area contributed by atoms with E-state index in [4.69, 9.17) is 0 Å². The normalized spacial score (nSPS) is 12.2. The smallest absolute Gasteiger partial charge is 0.0348 e. The number of hydrogen-bond acceptors (Lipinski definition) is 2. The van der Waals surface area contributed by atoms with Crippen LogP contribution >= 0.6 is 11.3 Å². The molecule has 0 aliphatic carbocycles. The summed E-state index contributed by atoms with van der Waals surface area (Å²) in [4.78, 5) is 0. The van der Waals surface area contributed by atoms with Crippen molar-refractivity contribution in [1.29, 1.82) is 0 Å². The largest absolute Gasteiger partial charge is 0.316 e. The van der Waals surface area contributed by atoms with Gasteiger partial charge in [0.2, 0.25) is 0 Å². The topological polar surface area (TPSA) is 12.0 Å². The molecule has 0 aliphatic heterocycles. The molecule has 1 aromatic carbocycles. The second-order valence-electron chi connectivity index (χ2n) is 3.87. The van der Waals surface area contributed by atoms with Crippen molar-refractivity contribution >= 4 is 27.5 Å². The first-order chi connectivity index (χ1) is 7.85. The van der Waals surface area contributed by atoms with Crippen LogP contribution in [0.5, 0.6) is 0 Å². The molecule has 0 saturated heterocycles. The molecule has 16 heavy (non-hydrogen) atoms. The Morgan fingerprint density at radius 1 is 1.38 bits per heavy atom. The quantitative estimate of drug-likeness (QED) is 0.841. The summed E-state index contributed by atoms with van der Waals surface area (Å²) >= 11 is 1.82. The van der Waals surface area contributed by atoms with Crippen molar-refractivity contribution in [1.82, 2.24) is 5.32 Å². The molecule has 1 heterocycles. The zero-order valence-corrected chi connectivity index (χ0v) is 10.6. The van der Waals surface area contributed by atoms with E-state index in [0.29, 0.717) is 0 Å². The molecule has 1 N–H and O–H groups in total. The van der Waals surface area contributed by atoms with Crippen LogP contribution in [-0.2, 0) is 0 Å². The second kappa shape index (κ2) is 5.28. The number of nitrogens with one attached hydrogen (secondary N) is 1. The molecular weight excluding hydrogens is 214 g/mol. The number of rotatable bonds is 4. The van der Waals surface area contributed by atoms with E-state index in [-0.39, 0.29) is 0 Å². The van der Waals surface area contributed by atoms with E-state index in [1.807, 2.05) is 18.4 Å². The Bertz CT molecular complexity index is 496. The molecule has 0 radical (unpaired) electrons. The lowest BCUT2D eigenvalue weighted by Crippen LogP contribution is -2.09. The lowest BCUT2D eigenvalue weighted by Gasteiger charge is -2.02. The first kappa shape index (κ1) is 11.4.